The van der Waals surface area contributed by atoms with E-state index >= 15 is 0 Å². The first kappa shape index (κ1) is 21.2. The van der Waals surface area contributed by atoms with Gasteiger partial charge < -0.3 is 4.74 Å². The quantitative estimate of drug-likeness (QED) is 0.406. The second-order valence-electron chi connectivity index (χ2n) is 8.96. The highest BCUT2D eigenvalue weighted by Crippen LogP contribution is 2.45. The second-order valence-corrected chi connectivity index (χ2v) is 8.96. The third kappa shape index (κ3) is 3.24. The number of tetrazole rings is 1. The molecule has 0 saturated carbocycles. The predicted octanol–water partition coefficient (Wildman–Crippen LogP) is 4.96. The lowest BCUT2D eigenvalue weighted by Crippen LogP contribution is -2.10. The van der Waals surface area contributed by atoms with Gasteiger partial charge in [0.2, 0.25) is 0 Å². The minimum atomic E-state index is -0.249. The fourth-order valence-corrected chi connectivity index (χ4v) is 5.15. The lowest BCUT2D eigenvalue weighted by molar-refractivity contribution is 0.512. The summed E-state index contributed by atoms with van der Waals surface area (Å²) in [5, 5.41) is 15.1. The molecule has 3 aromatic heterocycles. The average Bonchev–Trinajstić information content (AvgIpc) is 3.46. The zero-order valence-corrected chi connectivity index (χ0v) is 20.1. The van der Waals surface area contributed by atoms with Crippen LogP contribution < -0.4 is 4.74 Å². The fourth-order valence-electron chi connectivity index (χ4n) is 5.15. The van der Waals surface area contributed by atoms with Gasteiger partial charge in [0.1, 0.15) is 22.8 Å². The van der Waals surface area contributed by atoms with Crippen molar-refractivity contribution in [2.24, 2.45) is 0 Å². The van der Waals surface area contributed by atoms with Crippen LogP contribution in [0.2, 0.25) is 0 Å². The van der Waals surface area contributed by atoms with Gasteiger partial charge in [-0.2, -0.15) is 5.21 Å². The number of ether oxygens (including phenoxy) is 1. The van der Waals surface area contributed by atoms with Crippen molar-refractivity contribution in [1.29, 1.82) is 0 Å². The van der Waals surface area contributed by atoms with Crippen LogP contribution in [0.15, 0.2) is 49.0 Å². The van der Waals surface area contributed by atoms with Crippen LogP contribution in [0.1, 0.15) is 58.0 Å². The number of H-pyrrole nitrogens is 1. The predicted molar refractivity (Wildman–Crippen MR) is 134 cm³/mol. The Labute approximate surface area is 202 Å². The van der Waals surface area contributed by atoms with Crippen LogP contribution in [0.5, 0.6) is 5.75 Å². The molecule has 35 heavy (non-hydrogen) atoms. The van der Waals surface area contributed by atoms with Gasteiger partial charge in [0, 0.05) is 29.3 Å². The maximum absolute atomic E-state index is 6.43. The normalized spacial score (nSPS) is 15.0. The number of aromatic nitrogens is 7. The summed E-state index contributed by atoms with van der Waals surface area (Å²) >= 11 is 0. The molecule has 1 atom stereocenters. The van der Waals surface area contributed by atoms with E-state index < -0.39 is 0 Å². The zero-order chi connectivity index (χ0) is 24.3. The summed E-state index contributed by atoms with van der Waals surface area (Å²) in [7, 11) is 0. The number of nitrogens with zero attached hydrogens (tertiary/aromatic N) is 6. The van der Waals surface area contributed by atoms with E-state index in [9.17, 15) is 0 Å². The van der Waals surface area contributed by atoms with Crippen LogP contribution in [0.4, 0.5) is 0 Å². The summed E-state index contributed by atoms with van der Waals surface area (Å²) in [5.41, 5.74) is 8.79. The van der Waals surface area contributed by atoms with Crippen molar-refractivity contribution in [3.8, 4) is 11.4 Å². The van der Waals surface area contributed by atoms with Gasteiger partial charge in [-0.05, 0) is 49.6 Å². The molecule has 6 rings (SSSR count). The highest BCUT2D eigenvalue weighted by molar-refractivity contribution is 5.79. The van der Waals surface area contributed by atoms with Crippen molar-refractivity contribution in [1.82, 2.24) is 35.2 Å². The molecule has 4 heterocycles. The number of hydrogen-bond acceptors (Lipinski definition) is 6. The molecule has 1 unspecified atom stereocenters. The van der Waals surface area contributed by atoms with E-state index in [4.69, 9.17) is 14.7 Å². The summed E-state index contributed by atoms with van der Waals surface area (Å²) in [6.45, 7) is 12.5. The van der Waals surface area contributed by atoms with Crippen molar-refractivity contribution in [2.45, 2.75) is 40.0 Å². The van der Waals surface area contributed by atoms with Crippen molar-refractivity contribution in [2.75, 3.05) is 0 Å². The van der Waals surface area contributed by atoms with Gasteiger partial charge in [-0.25, -0.2) is 9.97 Å². The van der Waals surface area contributed by atoms with E-state index in [2.05, 4.69) is 70.7 Å². The SMILES string of the molecule is C=C1Oc2cc(-n3c(CC)nc4c(C)cc(C)nc43)cc(C)c2C(c2nn[nH]n2)c2ccccc21. The molecule has 1 N–H and O–H groups in total. The number of fused-ring (bicyclic) bond motifs is 3. The van der Waals surface area contributed by atoms with Crippen molar-refractivity contribution >= 4 is 16.9 Å². The molecule has 0 spiro atoms. The number of imidazole rings is 1. The first-order chi connectivity index (χ1) is 17.0. The van der Waals surface area contributed by atoms with Crippen LogP contribution in [0, 0.1) is 20.8 Å². The van der Waals surface area contributed by atoms with Crippen LogP contribution in [-0.4, -0.2) is 35.2 Å². The minimum Gasteiger partial charge on any atom is -0.457 e. The Kier molecular flexibility index (Phi) is 4.77. The molecule has 0 fully saturated rings. The molecule has 0 radical (unpaired) electrons. The molecule has 8 heteroatoms. The summed E-state index contributed by atoms with van der Waals surface area (Å²) < 4.78 is 8.56. The van der Waals surface area contributed by atoms with E-state index in [0.717, 1.165) is 62.6 Å². The maximum atomic E-state index is 6.43. The summed E-state index contributed by atoms with van der Waals surface area (Å²) in [6.07, 6.45) is 0.773. The molecular weight excluding hydrogens is 438 g/mol. The standard InChI is InChI=1S/C27H25N7O/c1-6-22-29-25-15(3)11-16(4)28-27(25)34(22)18-12-14(2)23-21(13-18)35-17(5)19-9-7-8-10-20(19)24(23)26-30-32-33-31-26/h7-13,24H,5-6H2,1-4H3,(H,30,31,32,33). The molecule has 1 aliphatic rings. The molecule has 174 valence electrons. The fraction of sp³-hybridized carbons (Fsp3) is 0.222. The summed E-state index contributed by atoms with van der Waals surface area (Å²) in [6, 6.07) is 14.4. The van der Waals surface area contributed by atoms with Gasteiger partial charge in [0.25, 0.3) is 0 Å². The molecule has 2 aromatic carbocycles. The first-order valence-electron chi connectivity index (χ1n) is 11.7. The van der Waals surface area contributed by atoms with Gasteiger partial charge in [0.05, 0.1) is 11.6 Å². The molecule has 1 aliphatic heterocycles. The van der Waals surface area contributed by atoms with Gasteiger partial charge in [0.15, 0.2) is 11.5 Å². The van der Waals surface area contributed by atoms with E-state index in [1.807, 2.05) is 31.2 Å². The smallest absolute Gasteiger partial charge is 0.186 e. The number of rotatable bonds is 3. The molecule has 0 saturated heterocycles. The Morgan fingerprint density at radius 3 is 2.66 bits per heavy atom. The Balaban J connectivity index is 1.64. The minimum absolute atomic E-state index is 0.249. The average molecular weight is 464 g/mol. The molecule has 5 aromatic rings. The van der Waals surface area contributed by atoms with E-state index in [0.29, 0.717) is 17.3 Å². The molecule has 0 amide bonds. The monoisotopic (exact) mass is 463 g/mol. The highest BCUT2D eigenvalue weighted by atomic mass is 16.5. The number of pyridine rings is 1. The largest absolute Gasteiger partial charge is 0.457 e. The molecule has 0 aliphatic carbocycles. The maximum Gasteiger partial charge on any atom is 0.186 e. The number of nitrogens with one attached hydrogen (secondary N) is 1. The van der Waals surface area contributed by atoms with Gasteiger partial charge >= 0.3 is 0 Å². The summed E-state index contributed by atoms with van der Waals surface area (Å²) in [5.74, 6) is 2.58. The number of aryl methyl sites for hydroxylation is 4. The highest BCUT2D eigenvalue weighted by Gasteiger charge is 2.33. The number of aromatic amines is 1. The topological polar surface area (TPSA) is 94.4 Å². The first-order valence-corrected chi connectivity index (χ1v) is 11.7. The van der Waals surface area contributed by atoms with Crippen molar-refractivity contribution in [3.63, 3.8) is 0 Å². The van der Waals surface area contributed by atoms with Crippen molar-refractivity contribution < 1.29 is 4.74 Å². The van der Waals surface area contributed by atoms with E-state index in [1.54, 1.807) is 0 Å². The molecular formula is C27H25N7O. The Bertz CT molecular complexity index is 1610. The number of benzene rings is 2. The lowest BCUT2D eigenvalue weighted by atomic mass is 9.85. The van der Waals surface area contributed by atoms with Gasteiger partial charge in [-0.3, -0.25) is 4.57 Å². The second kappa shape index (κ2) is 7.87. The zero-order valence-electron chi connectivity index (χ0n) is 20.1. The van der Waals surface area contributed by atoms with E-state index in [1.165, 1.54) is 0 Å². The molecule has 8 nitrogen and oxygen atoms in total. The Hall–Kier alpha value is -4.33. The van der Waals surface area contributed by atoms with Crippen LogP contribution in [0.3, 0.4) is 0 Å². The van der Waals surface area contributed by atoms with Crippen LogP contribution in [0.25, 0.3) is 22.6 Å². The van der Waals surface area contributed by atoms with Gasteiger partial charge in [-0.15, -0.1) is 10.2 Å². The van der Waals surface area contributed by atoms with Crippen molar-refractivity contribution in [3.05, 3.63) is 94.2 Å². The van der Waals surface area contributed by atoms with Crippen LogP contribution in [-0.2, 0) is 6.42 Å². The van der Waals surface area contributed by atoms with E-state index in [-0.39, 0.29) is 5.92 Å². The summed E-state index contributed by atoms with van der Waals surface area (Å²) in [4.78, 5) is 9.78. The Morgan fingerprint density at radius 2 is 1.89 bits per heavy atom. The van der Waals surface area contributed by atoms with Gasteiger partial charge in [-0.1, -0.05) is 43.0 Å². The van der Waals surface area contributed by atoms with Crippen LogP contribution >= 0.6 is 0 Å². The lowest BCUT2D eigenvalue weighted by Gasteiger charge is -2.20. The molecule has 0 bridgehead atoms. The third-order valence-electron chi connectivity index (χ3n) is 6.63. The number of hydrogen-bond donors (Lipinski definition) is 1. The Morgan fingerprint density at radius 1 is 1.06 bits per heavy atom. The third-order valence-corrected chi connectivity index (χ3v) is 6.63.